The van der Waals surface area contributed by atoms with E-state index in [1.54, 1.807) is 5.57 Å². The molecule has 0 aromatic heterocycles. The zero-order valence-corrected chi connectivity index (χ0v) is 13.9. The normalized spacial score (nSPS) is 48.0. The third-order valence-electron chi connectivity index (χ3n) is 7.08. The molecule has 0 saturated heterocycles. The second-order valence-electron chi connectivity index (χ2n) is 8.45. The maximum atomic E-state index is 4.26. The van der Waals surface area contributed by atoms with Crippen LogP contribution in [0.5, 0.6) is 0 Å². The Balaban J connectivity index is 1.95. The molecule has 0 aromatic rings. The fourth-order valence-corrected chi connectivity index (χ4v) is 5.82. The topological polar surface area (TPSA) is 0 Å². The van der Waals surface area contributed by atoms with Gasteiger partial charge in [-0.05, 0) is 79.6 Å². The van der Waals surface area contributed by atoms with Crippen LogP contribution in [0.3, 0.4) is 0 Å². The van der Waals surface area contributed by atoms with Gasteiger partial charge in [0, 0.05) is 0 Å². The zero-order chi connectivity index (χ0) is 14.5. The van der Waals surface area contributed by atoms with E-state index in [-0.39, 0.29) is 0 Å². The molecule has 0 unspecified atom stereocenters. The lowest BCUT2D eigenvalue weighted by Crippen LogP contribution is -2.40. The summed E-state index contributed by atoms with van der Waals surface area (Å²) in [7, 11) is 0. The van der Waals surface area contributed by atoms with Crippen molar-refractivity contribution in [2.45, 2.75) is 66.2 Å². The third-order valence-corrected chi connectivity index (χ3v) is 7.08. The predicted molar refractivity (Wildman–Crippen MR) is 87.5 cm³/mol. The van der Waals surface area contributed by atoms with Gasteiger partial charge in [0.15, 0.2) is 0 Å². The van der Waals surface area contributed by atoms with Crippen molar-refractivity contribution >= 4 is 0 Å². The summed E-state index contributed by atoms with van der Waals surface area (Å²) in [6.07, 6.45) is 11.1. The monoisotopic (exact) mass is 272 g/mol. The van der Waals surface area contributed by atoms with Crippen LogP contribution in [0, 0.1) is 35.0 Å². The fourth-order valence-electron chi connectivity index (χ4n) is 5.82. The van der Waals surface area contributed by atoms with Crippen molar-refractivity contribution in [3.8, 4) is 0 Å². The summed E-state index contributed by atoms with van der Waals surface area (Å²) in [4.78, 5) is 0. The number of fused-ring (bicyclic) bond motifs is 3. The Labute approximate surface area is 125 Å². The van der Waals surface area contributed by atoms with Crippen LogP contribution in [-0.2, 0) is 0 Å². The van der Waals surface area contributed by atoms with E-state index in [2.05, 4.69) is 40.3 Å². The van der Waals surface area contributed by atoms with Gasteiger partial charge < -0.3 is 0 Å². The van der Waals surface area contributed by atoms with E-state index in [1.165, 1.54) is 44.1 Å². The van der Waals surface area contributed by atoms with Crippen molar-refractivity contribution in [2.24, 2.45) is 35.0 Å². The van der Waals surface area contributed by atoms with Crippen LogP contribution in [-0.4, -0.2) is 0 Å². The Hall–Kier alpha value is -0.520. The third kappa shape index (κ3) is 2.11. The number of hydrogen-bond acceptors (Lipinski definition) is 0. The number of rotatable bonds is 1. The van der Waals surface area contributed by atoms with E-state index in [0.29, 0.717) is 5.41 Å². The van der Waals surface area contributed by atoms with Crippen molar-refractivity contribution in [3.05, 3.63) is 23.8 Å². The first-order valence-corrected chi connectivity index (χ1v) is 8.79. The van der Waals surface area contributed by atoms with E-state index in [9.17, 15) is 0 Å². The molecule has 0 spiro atoms. The van der Waals surface area contributed by atoms with Gasteiger partial charge >= 0.3 is 0 Å². The summed E-state index contributed by atoms with van der Waals surface area (Å²) < 4.78 is 0. The summed E-state index contributed by atoms with van der Waals surface area (Å²) in [5.74, 6) is 4.60. The maximum Gasteiger partial charge on any atom is -0.0103 e. The average molecular weight is 272 g/mol. The van der Waals surface area contributed by atoms with E-state index in [0.717, 1.165) is 29.6 Å². The largest absolute Gasteiger partial charge is 0.0958 e. The van der Waals surface area contributed by atoms with E-state index < -0.39 is 0 Å². The van der Waals surface area contributed by atoms with Gasteiger partial charge in [-0.25, -0.2) is 0 Å². The van der Waals surface area contributed by atoms with Crippen LogP contribution in [0.15, 0.2) is 23.8 Å². The summed E-state index contributed by atoms with van der Waals surface area (Å²) in [6.45, 7) is 14.1. The van der Waals surface area contributed by atoms with Crippen molar-refractivity contribution in [2.75, 3.05) is 0 Å². The van der Waals surface area contributed by atoms with Gasteiger partial charge in [-0.15, -0.1) is 0 Å². The first-order valence-electron chi connectivity index (χ1n) is 8.79. The molecule has 3 rings (SSSR count). The van der Waals surface area contributed by atoms with Crippen molar-refractivity contribution in [1.29, 1.82) is 0 Å². The molecule has 0 amide bonds. The minimum Gasteiger partial charge on any atom is -0.0958 e. The highest BCUT2D eigenvalue weighted by Crippen LogP contribution is 2.61. The minimum absolute atomic E-state index is 0.526. The second-order valence-corrected chi connectivity index (χ2v) is 8.45. The SMILES string of the molecule is C=C(C)C1=CC[C@@]2(C)[C@@H]3C[C@@H](C)CC[C@H]3[C@H](C)CC[C@@H]12. The van der Waals surface area contributed by atoms with Gasteiger partial charge in [0.25, 0.3) is 0 Å². The summed E-state index contributed by atoms with van der Waals surface area (Å²) in [6, 6.07) is 0. The van der Waals surface area contributed by atoms with Crippen LogP contribution < -0.4 is 0 Å². The van der Waals surface area contributed by atoms with E-state index >= 15 is 0 Å². The van der Waals surface area contributed by atoms with Gasteiger partial charge in [0.2, 0.25) is 0 Å². The lowest BCUT2D eigenvalue weighted by Gasteiger charge is -2.47. The van der Waals surface area contributed by atoms with E-state index in [4.69, 9.17) is 0 Å². The van der Waals surface area contributed by atoms with Gasteiger partial charge in [-0.3, -0.25) is 0 Å². The summed E-state index contributed by atoms with van der Waals surface area (Å²) in [5.41, 5.74) is 3.46. The van der Waals surface area contributed by atoms with E-state index in [1.807, 2.05) is 0 Å². The molecule has 0 N–H and O–H groups in total. The molecule has 2 fully saturated rings. The molecule has 3 aliphatic carbocycles. The smallest absolute Gasteiger partial charge is 0.0103 e. The van der Waals surface area contributed by atoms with Crippen LogP contribution in [0.4, 0.5) is 0 Å². The van der Waals surface area contributed by atoms with Crippen molar-refractivity contribution in [3.63, 3.8) is 0 Å². The Morgan fingerprint density at radius 2 is 1.95 bits per heavy atom. The van der Waals surface area contributed by atoms with Crippen molar-refractivity contribution in [1.82, 2.24) is 0 Å². The van der Waals surface area contributed by atoms with Gasteiger partial charge in [-0.1, -0.05) is 45.4 Å². The van der Waals surface area contributed by atoms with Crippen LogP contribution in [0.2, 0.25) is 0 Å². The molecule has 0 aromatic carbocycles. The molecular formula is C20H32. The molecule has 0 nitrogen and oxygen atoms in total. The van der Waals surface area contributed by atoms with Gasteiger partial charge in [0.05, 0.1) is 0 Å². The highest BCUT2D eigenvalue weighted by atomic mass is 14.6. The lowest BCUT2D eigenvalue weighted by molar-refractivity contribution is 0.0270. The fraction of sp³-hybridized carbons (Fsp3) is 0.800. The predicted octanol–water partition coefficient (Wildman–Crippen LogP) is 6.00. The maximum absolute atomic E-state index is 4.26. The molecule has 0 bridgehead atoms. The Kier molecular flexibility index (Phi) is 3.63. The number of allylic oxidation sites excluding steroid dienone is 3. The molecule has 0 radical (unpaired) electrons. The first-order chi connectivity index (χ1) is 9.43. The quantitative estimate of drug-likeness (QED) is 0.549. The van der Waals surface area contributed by atoms with Crippen LogP contribution >= 0.6 is 0 Å². The highest BCUT2D eigenvalue weighted by Gasteiger charge is 2.52. The Bertz CT molecular complexity index is 429. The second kappa shape index (κ2) is 5.04. The highest BCUT2D eigenvalue weighted by molar-refractivity contribution is 5.36. The van der Waals surface area contributed by atoms with Crippen LogP contribution in [0.1, 0.15) is 66.2 Å². The Morgan fingerprint density at radius 3 is 2.65 bits per heavy atom. The van der Waals surface area contributed by atoms with Crippen molar-refractivity contribution < 1.29 is 0 Å². The average Bonchev–Trinajstić information content (AvgIpc) is 2.70. The molecule has 3 aliphatic rings. The zero-order valence-electron chi connectivity index (χ0n) is 13.9. The molecule has 0 aliphatic heterocycles. The molecule has 112 valence electrons. The standard InChI is InChI=1S/C20H32/c1-13(2)16-10-11-20(5)18(16)9-7-15(4)17-8-6-14(3)12-19(17)20/h10,14-15,17-19H,1,6-9,11-12H2,2-5H3/t14-,15+,17-,18-,19+,20+/m0/s1. The molecule has 0 heterocycles. The first kappa shape index (κ1) is 14.4. The molecular weight excluding hydrogens is 240 g/mol. The number of hydrogen-bond donors (Lipinski definition) is 0. The summed E-state index contributed by atoms with van der Waals surface area (Å²) in [5, 5.41) is 0. The lowest BCUT2D eigenvalue weighted by atomic mass is 9.57. The van der Waals surface area contributed by atoms with Gasteiger partial charge in [0.1, 0.15) is 0 Å². The molecule has 2 saturated carbocycles. The van der Waals surface area contributed by atoms with Gasteiger partial charge in [-0.2, -0.15) is 0 Å². The molecule has 6 atom stereocenters. The molecule has 20 heavy (non-hydrogen) atoms. The summed E-state index contributed by atoms with van der Waals surface area (Å²) >= 11 is 0. The molecule has 0 heteroatoms. The minimum atomic E-state index is 0.526. The Morgan fingerprint density at radius 1 is 1.20 bits per heavy atom. The van der Waals surface area contributed by atoms with Crippen LogP contribution in [0.25, 0.3) is 0 Å².